The van der Waals surface area contributed by atoms with E-state index in [9.17, 15) is 4.79 Å². The van der Waals surface area contributed by atoms with Crippen LogP contribution in [0.15, 0.2) is 0 Å². The molecule has 0 rings (SSSR count). The molecule has 0 aliphatic carbocycles. The van der Waals surface area contributed by atoms with Gasteiger partial charge >= 0.3 is 0 Å². The Bertz CT molecular complexity index is 294. The number of nitrogens with one attached hydrogen (secondary N) is 1. The second kappa shape index (κ2) is 23.5. The summed E-state index contributed by atoms with van der Waals surface area (Å²) >= 11 is 0. The Labute approximate surface area is 170 Å². The fourth-order valence-corrected chi connectivity index (χ4v) is 3.72. The summed E-state index contributed by atoms with van der Waals surface area (Å²) in [4.78, 5) is 11.2. The van der Waals surface area contributed by atoms with Gasteiger partial charge in [-0.3, -0.25) is 4.79 Å². The minimum absolute atomic E-state index is 0.0279. The molecule has 0 fully saturated rings. The number of aliphatic hydroxyl groups is 1. The van der Waals surface area contributed by atoms with E-state index in [0.29, 0.717) is 6.42 Å². The molecule has 0 saturated heterocycles. The highest BCUT2D eigenvalue weighted by molar-refractivity contribution is 5.75. The quantitative estimate of drug-likeness (QED) is 0.153. The summed E-state index contributed by atoms with van der Waals surface area (Å²) in [5.41, 5.74) is 0. The lowest BCUT2D eigenvalue weighted by atomic mass is 10.0. The van der Waals surface area contributed by atoms with Crippen LogP contribution in [0.2, 0.25) is 0 Å². The van der Waals surface area contributed by atoms with E-state index in [-0.39, 0.29) is 12.6 Å². The smallest absolute Gasteiger partial charge is 0.221 e. The zero-order valence-corrected chi connectivity index (χ0v) is 18.4. The minimum Gasteiger partial charge on any atom is -0.377 e. The SMILES string of the molecule is CCCCCCCCCCCCCCCCCCCCCCC(=O)NCO. The van der Waals surface area contributed by atoms with E-state index in [1.165, 1.54) is 116 Å². The Morgan fingerprint density at radius 2 is 0.852 bits per heavy atom. The number of amides is 1. The van der Waals surface area contributed by atoms with Gasteiger partial charge in [0.25, 0.3) is 0 Å². The fourth-order valence-electron chi connectivity index (χ4n) is 3.72. The molecule has 0 aromatic carbocycles. The van der Waals surface area contributed by atoms with E-state index in [0.717, 1.165) is 12.8 Å². The molecule has 0 spiro atoms. The van der Waals surface area contributed by atoms with Crippen LogP contribution in [0.25, 0.3) is 0 Å². The molecule has 0 aromatic rings. The fraction of sp³-hybridized carbons (Fsp3) is 0.958. The Balaban J connectivity index is 3.02. The third-order valence-electron chi connectivity index (χ3n) is 5.53. The van der Waals surface area contributed by atoms with Crippen molar-refractivity contribution in [1.82, 2.24) is 5.32 Å². The van der Waals surface area contributed by atoms with Crippen molar-refractivity contribution in [3.8, 4) is 0 Å². The molecule has 0 bridgehead atoms. The van der Waals surface area contributed by atoms with E-state index in [1.54, 1.807) is 0 Å². The standard InChI is InChI=1S/C24H49NO2/c1-2-3-4-5-6-7-8-9-10-11-12-13-14-15-16-17-18-19-20-21-22-24(27)25-23-26/h26H,2-23H2,1H3,(H,25,27). The van der Waals surface area contributed by atoms with Gasteiger partial charge in [-0.15, -0.1) is 0 Å². The van der Waals surface area contributed by atoms with Crippen LogP contribution in [0.1, 0.15) is 142 Å². The molecule has 0 heterocycles. The van der Waals surface area contributed by atoms with Gasteiger partial charge in [0.1, 0.15) is 6.73 Å². The predicted molar refractivity (Wildman–Crippen MR) is 118 cm³/mol. The molecule has 0 aliphatic rings. The van der Waals surface area contributed by atoms with Crippen LogP contribution in [0.5, 0.6) is 0 Å². The Hall–Kier alpha value is -0.570. The zero-order valence-electron chi connectivity index (χ0n) is 18.4. The Morgan fingerprint density at radius 3 is 1.15 bits per heavy atom. The molecular formula is C24H49NO2. The lowest BCUT2D eigenvalue weighted by molar-refractivity contribution is -0.122. The Kier molecular flexibility index (Phi) is 23.0. The van der Waals surface area contributed by atoms with Crippen LogP contribution < -0.4 is 5.32 Å². The molecule has 1 amide bonds. The van der Waals surface area contributed by atoms with Gasteiger partial charge in [-0.1, -0.05) is 129 Å². The minimum atomic E-state index is -0.238. The molecule has 0 saturated carbocycles. The molecule has 0 unspecified atom stereocenters. The van der Waals surface area contributed by atoms with Gasteiger partial charge in [0.05, 0.1) is 0 Å². The van der Waals surface area contributed by atoms with Crippen molar-refractivity contribution in [3.05, 3.63) is 0 Å². The lowest BCUT2D eigenvalue weighted by Gasteiger charge is -2.04. The van der Waals surface area contributed by atoms with Gasteiger partial charge in [-0.05, 0) is 6.42 Å². The van der Waals surface area contributed by atoms with Gasteiger partial charge < -0.3 is 10.4 Å². The first-order valence-corrected chi connectivity index (χ1v) is 12.2. The predicted octanol–water partition coefficient (Wildman–Crippen LogP) is 7.26. The number of rotatable bonds is 22. The maximum absolute atomic E-state index is 11.2. The molecule has 0 aliphatic heterocycles. The highest BCUT2D eigenvalue weighted by Gasteiger charge is 1.99. The third-order valence-corrected chi connectivity index (χ3v) is 5.53. The van der Waals surface area contributed by atoms with Gasteiger partial charge in [-0.2, -0.15) is 0 Å². The first-order valence-electron chi connectivity index (χ1n) is 12.2. The largest absolute Gasteiger partial charge is 0.377 e. The van der Waals surface area contributed by atoms with Crippen molar-refractivity contribution in [3.63, 3.8) is 0 Å². The Morgan fingerprint density at radius 1 is 0.556 bits per heavy atom. The molecular weight excluding hydrogens is 334 g/mol. The number of carbonyl (C=O) groups is 1. The summed E-state index contributed by atoms with van der Waals surface area (Å²) in [6.07, 6.45) is 28.0. The highest BCUT2D eigenvalue weighted by Crippen LogP contribution is 2.14. The average molecular weight is 384 g/mol. The van der Waals surface area contributed by atoms with Crippen LogP contribution in [0.3, 0.4) is 0 Å². The summed E-state index contributed by atoms with van der Waals surface area (Å²) in [6, 6.07) is 0. The van der Waals surface area contributed by atoms with E-state index < -0.39 is 0 Å². The van der Waals surface area contributed by atoms with Crippen molar-refractivity contribution in [2.45, 2.75) is 142 Å². The van der Waals surface area contributed by atoms with E-state index in [1.807, 2.05) is 0 Å². The van der Waals surface area contributed by atoms with Crippen molar-refractivity contribution >= 4 is 5.91 Å². The topological polar surface area (TPSA) is 49.3 Å². The zero-order chi connectivity index (χ0) is 19.8. The molecule has 27 heavy (non-hydrogen) atoms. The summed E-state index contributed by atoms with van der Waals surface area (Å²) in [5, 5.41) is 11.0. The number of unbranched alkanes of at least 4 members (excludes halogenated alkanes) is 19. The normalized spacial score (nSPS) is 11.0. The molecule has 2 N–H and O–H groups in total. The summed E-state index contributed by atoms with van der Waals surface area (Å²) in [7, 11) is 0. The first kappa shape index (κ1) is 26.4. The first-order chi connectivity index (χ1) is 13.3. The highest BCUT2D eigenvalue weighted by atomic mass is 16.3. The van der Waals surface area contributed by atoms with Gasteiger partial charge in [0, 0.05) is 6.42 Å². The number of hydrogen-bond acceptors (Lipinski definition) is 2. The van der Waals surface area contributed by atoms with Crippen LogP contribution in [0.4, 0.5) is 0 Å². The maximum atomic E-state index is 11.2. The number of aliphatic hydroxyl groups excluding tert-OH is 1. The lowest BCUT2D eigenvalue weighted by Crippen LogP contribution is -2.23. The van der Waals surface area contributed by atoms with Crippen molar-refractivity contribution in [2.24, 2.45) is 0 Å². The van der Waals surface area contributed by atoms with E-state index in [2.05, 4.69) is 12.2 Å². The van der Waals surface area contributed by atoms with E-state index >= 15 is 0 Å². The summed E-state index contributed by atoms with van der Waals surface area (Å²) < 4.78 is 0. The second-order valence-electron chi connectivity index (χ2n) is 8.23. The van der Waals surface area contributed by atoms with Gasteiger partial charge in [0.2, 0.25) is 5.91 Å². The molecule has 0 aromatic heterocycles. The molecule has 3 nitrogen and oxygen atoms in total. The summed E-state index contributed by atoms with van der Waals surface area (Å²) in [5.74, 6) is -0.0279. The van der Waals surface area contributed by atoms with Crippen molar-refractivity contribution in [2.75, 3.05) is 6.73 Å². The van der Waals surface area contributed by atoms with Crippen LogP contribution in [0, 0.1) is 0 Å². The third kappa shape index (κ3) is 23.4. The molecule has 3 heteroatoms. The van der Waals surface area contributed by atoms with Crippen LogP contribution in [-0.2, 0) is 4.79 Å². The maximum Gasteiger partial charge on any atom is 0.221 e. The van der Waals surface area contributed by atoms with Gasteiger partial charge in [0.15, 0.2) is 0 Å². The molecule has 0 atom stereocenters. The van der Waals surface area contributed by atoms with Crippen molar-refractivity contribution in [1.29, 1.82) is 0 Å². The number of hydrogen-bond donors (Lipinski definition) is 2. The molecule has 162 valence electrons. The van der Waals surface area contributed by atoms with Crippen molar-refractivity contribution < 1.29 is 9.90 Å². The van der Waals surface area contributed by atoms with E-state index in [4.69, 9.17) is 5.11 Å². The number of carbonyl (C=O) groups excluding carboxylic acids is 1. The monoisotopic (exact) mass is 383 g/mol. The average Bonchev–Trinajstić information content (AvgIpc) is 2.66. The van der Waals surface area contributed by atoms with Gasteiger partial charge in [-0.25, -0.2) is 0 Å². The van der Waals surface area contributed by atoms with Crippen LogP contribution in [-0.4, -0.2) is 17.7 Å². The van der Waals surface area contributed by atoms with Crippen LogP contribution >= 0.6 is 0 Å². The second-order valence-corrected chi connectivity index (χ2v) is 8.23. The molecule has 0 radical (unpaired) electrons. The summed E-state index contributed by atoms with van der Waals surface area (Å²) in [6.45, 7) is 2.05.